The number of hydrogen-bond donors (Lipinski definition) is 1. The summed E-state index contributed by atoms with van der Waals surface area (Å²) in [6, 6.07) is 21.8. The van der Waals surface area contributed by atoms with Crippen LogP contribution in [0.15, 0.2) is 77.3 Å². The van der Waals surface area contributed by atoms with Gasteiger partial charge in [0.15, 0.2) is 11.5 Å². The van der Waals surface area contributed by atoms with Gasteiger partial charge in [0.2, 0.25) is 12.6 Å². The van der Waals surface area contributed by atoms with Gasteiger partial charge in [-0.15, -0.1) is 0 Å². The second kappa shape index (κ2) is 7.12. The summed E-state index contributed by atoms with van der Waals surface area (Å²) in [7, 11) is 0. The fourth-order valence-corrected chi connectivity index (χ4v) is 3.08. The van der Waals surface area contributed by atoms with Gasteiger partial charge < -0.3 is 19.3 Å². The summed E-state index contributed by atoms with van der Waals surface area (Å²) >= 11 is 0. The van der Waals surface area contributed by atoms with Crippen molar-refractivity contribution in [1.82, 2.24) is 10.1 Å². The van der Waals surface area contributed by atoms with Crippen LogP contribution in [-0.4, -0.2) is 22.8 Å². The first-order valence-electron chi connectivity index (χ1n) is 8.97. The van der Waals surface area contributed by atoms with Crippen LogP contribution in [0.1, 0.15) is 10.4 Å². The number of rotatable bonds is 4. The standard InChI is InChI=1S/C22H15N3O4/c26-21(23-15-10-11-18-19(12-15)28-13-27-18)16-8-4-5-9-17(16)22-24-20(25-29-22)14-6-2-1-3-7-14/h1-12H,13H2,(H,23,26). The molecule has 1 aliphatic rings. The van der Waals surface area contributed by atoms with Gasteiger partial charge in [0.25, 0.3) is 11.8 Å². The second-order valence-electron chi connectivity index (χ2n) is 6.36. The Morgan fingerprint density at radius 2 is 1.69 bits per heavy atom. The van der Waals surface area contributed by atoms with E-state index in [1.165, 1.54) is 0 Å². The number of amides is 1. The van der Waals surface area contributed by atoms with Gasteiger partial charge in [-0.25, -0.2) is 0 Å². The number of benzene rings is 3. The molecule has 1 aromatic heterocycles. The molecule has 29 heavy (non-hydrogen) atoms. The lowest BCUT2D eigenvalue weighted by molar-refractivity contribution is 0.102. The first-order valence-corrected chi connectivity index (χ1v) is 8.97. The van der Waals surface area contributed by atoms with Gasteiger partial charge in [-0.05, 0) is 24.3 Å². The first-order chi connectivity index (χ1) is 14.3. The zero-order valence-electron chi connectivity index (χ0n) is 15.2. The predicted octanol–water partition coefficient (Wildman–Crippen LogP) is 4.38. The Hall–Kier alpha value is -4.13. The number of fused-ring (bicyclic) bond motifs is 1. The minimum absolute atomic E-state index is 0.177. The molecule has 0 saturated carbocycles. The Bertz CT molecular complexity index is 1190. The zero-order valence-corrected chi connectivity index (χ0v) is 15.2. The third kappa shape index (κ3) is 3.29. The van der Waals surface area contributed by atoms with Crippen molar-refractivity contribution in [2.45, 2.75) is 0 Å². The summed E-state index contributed by atoms with van der Waals surface area (Å²) in [4.78, 5) is 17.4. The van der Waals surface area contributed by atoms with Crippen LogP contribution in [0.25, 0.3) is 22.8 Å². The summed E-state index contributed by atoms with van der Waals surface area (Å²) in [5.74, 6) is 1.70. The Morgan fingerprint density at radius 3 is 2.59 bits per heavy atom. The highest BCUT2D eigenvalue weighted by Gasteiger charge is 2.19. The highest BCUT2D eigenvalue weighted by molar-refractivity contribution is 6.08. The van der Waals surface area contributed by atoms with Gasteiger partial charge in [0.05, 0.1) is 11.1 Å². The van der Waals surface area contributed by atoms with Crippen molar-refractivity contribution in [3.8, 4) is 34.3 Å². The molecule has 0 bridgehead atoms. The Balaban J connectivity index is 1.44. The molecule has 1 amide bonds. The monoisotopic (exact) mass is 385 g/mol. The van der Waals surface area contributed by atoms with Crippen LogP contribution < -0.4 is 14.8 Å². The molecule has 0 unspecified atom stereocenters. The van der Waals surface area contributed by atoms with Crippen LogP contribution in [0.3, 0.4) is 0 Å². The fourth-order valence-electron chi connectivity index (χ4n) is 3.08. The van der Waals surface area contributed by atoms with Crippen LogP contribution in [0.4, 0.5) is 5.69 Å². The Kier molecular flexibility index (Phi) is 4.18. The van der Waals surface area contributed by atoms with E-state index in [4.69, 9.17) is 14.0 Å². The molecule has 1 N–H and O–H groups in total. The van der Waals surface area contributed by atoms with Gasteiger partial charge in [0.1, 0.15) is 0 Å². The summed E-state index contributed by atoms with van der Waals surface area (Å²) in [6.45, 7) is 0.177. The van der Waals surface area contributed by atoms with Crippen molar-refractivity contribution in [3.63, 3.8) is 0 Å². The molecule has 7 nitrogen and oxygen atoms in total. The highest BCUT2D eigenvalue weighted by atomic mass is 16.7. The van der Waals surface area contributed by atoms with E-state index < -0.39 is 0 Å². The van der Waals surface area contributed by atoms with Crippen molar-refractivity contribution in [2.24, 2.45) is 0 Å². The van der Waals surface area contributed by atoms with Crippen LogP contribution in [-0.2, 0) is 0 Å². The van der Waals surface area contributed by atoms with Gasteiger partial charge in [-0.1, -0.05) is 47.6 Å². The number of hydrogen-bond acceptors (Lipinski definition) is 6. The molecule has 0 spiro atoms. The molecule has 0 fully saturated rings. The van der Waals surface area contributed by atoms with E-state index in [0.717, 1.165) is 5.56 Å². The fraction of sp³-hybridized carbons (Fsp3) is 0.0455. The van der Waals surface area contributed by atoms with E-state index >= 15 is 0 Å². The minimum Gasteiger partial charge on any atom is -0.454 e. The first kappa shape index (κ1) is 17.0. The normalized spacial score (nSPS) is 12.0. The van der Waals surface area contributed by atoms with E-state index in [1.54, 1.807) is 36.4 Å². The highest BCUT2D eigenvalue weighted by Crippen LogP contribution is 2.34. The molecule has 142 valence electrons. The van der Waals surface area contributed by atoms with Crippen LogP contribution in [0.2, 0.25) is 0 Å². The van der Waals surface area contributed by atoms with E-state index in [1.807, 2.05) is 36.4 Å². The molecule has 0 aliphatic carbocycles. The number of carbonyl (C=O) groups excluding carboxylic acids is 1. The van der Waals surface area contributed by atoms with E-state index in [9.17, 15) is 4.79 Å². The van der Waals surface area contributed by atoms with Crippen molar-refractivity contribution in [2.75, 3.05) is 12.1 Å². The van der Waals surface area contributed by atoms with Gasteiger partial charge in [0, 0.05) is 17.3 Å². The third-order valence-corrected chi connectivity index (χ3v) is 4.49. The topological polar surface area (TPSA) is 86.5 Å². The second-order valence-corrected chi connectivity index (χ2v) is 6.36. The maximum atomic E-state index is 12.9. The summed E-state index contributed by atoms with van der Waals surface area (Å²) < 4.78 is 16.1. The predicted molar refractivity (Wildman–Crippen MR) is 106 cm³/mol. The van der Waals surface area contributed by atoms with Crippen LogP contribution in [0.5, 0.6) is 11.5 Å². The Morgan fingerprint density at radius 1 is 0.897 bits per heavy atom. The van der Waals surface area contributed by atoms with Gasteiger partial charge in [-0.3, -0.25) is 4.79 Å². The molecular weight excluding hydrogens is 370 g/mol. The van der Waals surface area contributed by atoms with Crippen LogP contribution >= 0.6 is 0 Å². The smallest absolute Gasteiger partial charge is 0.259 e. The average Bonchev–Trinajstić information content (AvgIpc) is 3.44. The molecule has 0 radical (unpaired) electrons. The average molecular weight is 385 g/mol. The van der Waals surface area contributed by atoms with Crippen molar-refractivity contribution < 1.29 is 18.8 Å². The maximum absolute atomic E-state index is 12.9. The lowest BCUT2D eigenvalue weighted by Gasteiger charge is -2.08. The number of carbonyl (C=O) groups is 1. The van der Waals surface area contributed by atoms with Crippen LogP contribution in [0, 0.1) is 0 Å². The molecule has 5 rings (SSSR count). The lowest BCUT2D eigenvalue weighted by atomic mass is 10.1. The molecule has 1 aliphatic heterocycles. The van der Waals surface area contributed by atoms with Crippen molar-refractivity contribution >= 4 is 11.6 Å². The Labute approximate surface area is 165 Å². The summed E-state index contributed by atoms with van der Waals surface area (Å²) in [6.07, 6.45) is 0. The van der Waals surface area contributed by atoms with E-state index in [0.29, 0.717) is 34.1 Å². The molecule has 4 aromatic rings. The lowest BCUT2D eigenvalue weighted by Crippen LogP contribution is -2.13. The molecular formula is C22H15N3O4. The largest absolute Gasteiger partial charge is 0.454 e. The number of ether oxygens (including phenoxy) is 2. The van der Waals surface area contributed by atoms with Gasteiger partial charge in [-0.2, -0.15) is 4.98 Å². The van der Waals surface area contributed by atoms with E-state index in [-0.39, 0.29) is 18.6 Å². The molecule has 7 heteroatoms. The van der Waals surface area contributed by atoms with E-state index in [2.05, 4.69) is 15.5 Å². The van der Waals surface area contributed by atoms with Crippen molar-refractivity contribution in [3.05, 3.63) is 78.4 Å². The number of nitrogens with one attached hydrogen (secondary N) is 1. The number of nitrogens with zero attached hydrogens (tertiary/aromatic N) is 2. The molecule has 0 atom stereocenters. The molecule has 0 saturated heterocycles. The molecule has 2 heterocycles. The third-order valence-electron chi connectivity index (χ3n) is 4.49. The molecule has 3 aromatic carbocycles. The number of anilines is 1. The van der Waals surface area contributed by atoms with Crippen molar-refractivity contribution in [1.29, 1.82) is 0 Å². The number of aromatic nitrogens is 2. The van der Waals surface area contributed by atoms with Gasteiger partial charge >= 0.3 is 0 Å². The quantitative estimate of drug-likeness (QED) is 0.561. The minimum atomic E-state index is -0.293. The summed E-state index contributed by atoms with van der Waals surface area (Å²) in [5, 5.41) is 6.91. The maximum Gasteiger partial charge on any atom is 0.259 e. The SMILES string of the molecule is O=C(Nc1ccc2c(c1)OCO2)c1ccccc1-c1nc(-c2ccccc2)no1. The zero-order chi connectivity index (χ0) is 19.6. The summed E-state index contributed by atoms with van der Waals surface area (Å²) in [5.41, 5.74) is 2.42.